The van der Waals surface area contributed by atoms with Gasteiger partial charge in [0.05, 0.1) is 0 Å². The molecule has 0 aromatic heterocycles. The summed E-state index contributed by atoms with van der Waals surface area (Å²) < 4.78 is 0. The number of para-hydroxylation sites is 1. The summed E-state index contributed by atoms with van der Waals surface area (Å²) in [5, 5.41) is 10.8. The Bertz CT molecular complexity index is 1440. The van der Waals surface area contributed by atoms with Crippen molar-refractivity contribution in [3.05, 3.63) is 193 Å². The van der Waals surface area contributed by atoms with E-state index >= 15 is 0 Å². The molecule has 3 nitrogen and oxygen atoms in total. The minimum Gasteiger partial charge on any atom is -0.397 e. The molecular formula is C40H43N3Zr. The van der Waals surface area contributed by atoms with Crippen LogP contribution in [0.1, 0.15) is 38.9 Å². The Morgan fingerprint density at radius 2 is 0.864 bits per heavy atom. The summed E-state index contributed by atoms with van der Waals surface area (Å²) in [6, 6.07) is 42.1. The molecule has 4 heteroatoms. The molecule has 6 rings (SSSR count). The molecule has 0 bridgehead atoms. The van der Waals surface area contributed by atoms with Gasteiger partial charge in [-0.1, -0.05) is 60.2 Å². The zero-order chi connectivity index (χ0) is 31.2. The Labute approximate surface area is 285 Å². The molecular weight excluding hydrogens is 614 g/mol. The van der Waals surface area contributed by atoms with Gasteiger partial charge in [0.15, 0.2) is 0 Å². The van der Waals surface area contributed by atoms with Crippen molar-refractivity contribution in [2.45, 2.75) is 27.7 Å². The second-order valence-corrected chi connectivity index (χ2v) is 10.6. The quantitative estimate of drug-likeness (QED) is 0.177. The molecule has 5 aromatic carbocycles. The molecule has 1 heterocycles. The molecule has 1 aliphatic heterocycles. The number of nitrogens with zero attached hydrogens (tertiary/aromatic N) is 3. The van der Waals surface area contributed by atoms with E-state index in [1.54, 1.807) is 0 Å². The Hall–Kier alpha value is -4.14. The smallest absolute Gasteiger partial charge is 0.397 e. The van der Waals surface area contributed by atoms with Crippen molar-refractivity contribution in [2.24, 2.45) is 0 Å². The van der Waals surface area contributed by atoms with E-state index in [4.69, 9.17) is 0 Å². The number of benzene rings is 5. The molecule has 0 radical (unpaired) electrons. The number of guanidine groups is 1. The molecule has 0 saturated carbocycles. The SMILES string of the molecule is Cc1cc(C)c(N2CCN(c3ccccc3C)C2=[N-])c(C)c1.[CH2-]c1ccccc1.[CH2-]c1ccccc1.[CH2-]c1ccccc1.[Zr+4]. The van der Waals surface area contributed by atoms with Crippen LogP contribution in [0.3, 0.4) is 0 Å². The van der Waals surface area contributed by atoms with Crippen LogP contribution >= 0.6 is 0 Å². The van der Waals surface area contributed by atoms with Gasteiger partial charge in [0, 0.05) is 5.96 Å². The average molecular weight is 657 g/mol. The second kappa shape index (κ2) is 18.5. The van der Waals surface area contributed by atoms with E-state index in [2.05, 4.69) is 72.7 Å². The topological polar surface area (TPSA) is 28.8 Å². The number of anilines is 2. The van der Waals surface area contributed by atoms with Gasteiger partial charge in [-0.2, -0.15) is 73.9 Å². The van der Waals surface area contributed by atoms with Crippen molar-refractivity contribution >= 4 is 17.3 Å². The zero-order valence-electron chi connectivity index (χ0n) is 26.5. The average Bonchev–Trinajstić information content (AvgIpc) is 3.35. The van der Waals surface area contributed by atoms with Crippen LogP contribution < -0.4 is 9.80 Å². The maximum atomic E-state index is 10.8. The first-order chi connectivity index (χ1) is 20.7. The second-order valence-electron chi connectivity index (χ2n) is 10.6. The maximum absolute atomic E-state index is 10.8. The number of hydrogen-bond acceptors (Lipinski definition) is 0. The molecule has 1 fully saturated rings. The van der Waals surface area contributed by atoms with Crippen LogP contribution in [-0.2, 0) is 26.2 Å². The van der Waals surface area contributed by atoms with E-state index < -0.39 is 0 Å². The Kier molecular flexibility index (Phi) is 15.2. The molecule has 0 N–H and O–H groups in total. The monoisotopic (exact) mass is 655 g/mol. The van der Waals surface area contributed by atoms with Crippen LogP contribution in [0.15, 0.2) is 127 Å². The van der Waals surface area contributed by atoms with Crippen LogP contribution in [0.25, 0.3) is 5.41 Å². The van der Waals surface area contributed by atoms with Crippen LogP contribution in [0.4, 0.5) is 11.4 Å². The summed E-state index contributed by atoms with van der Waals surface area (Å²) in [7, 11) is 0. The van der Waals surface area contributed by atoms with Crippen molar-refractivity contribution in [2.75, 3.05) is 22.9 Å². The standard InChI is InChI=1S/C19H22N3.3C7H7.Zr/c1-13-11-15(3)18(16(4)12-13)22-10-9-21(19(22)20)17-8-6-5-7-14(17)2;3*1-7-5-3-2-4-6-7;/h5-8,11-12H,9-10H2,1-4H3;3*2-6H,1H2;/q4*-1;+4. The summed E-state index contributed by atoms with van der Waals surface area (Å²) in [5.41, 5.74) is 10.3. The Morgan fingerprint density at radius 1 is 0.500 bits per heavy atom. The number of rotatable bonds is 2. The molecule has 0 aliphatic carbocycles. The fraction of sp³-hybridized carbons (Fsp3) is 0.150. The Balaban J connectivity index is 0.000000249. The van der Waals surface area contributed by atoms with Gasteiger partial charge < -0.3 is 15.2 Å². The van der Waals surface area contributed by atoms with E-state index in [-0.39, 0.29) is 26.2 Å². The third-order valence-corrected chi connectivity index (χ3v) is 6.87. The van der Waals surface area contributed by atoms with Crippen LogP contribution in [0.2, 0.25) is 0 Å². The van der Waals surface area contributed by atoms with Crippen molar-refractivity contribution in [3.8, 4) is 0 Å². The van der Waals surface area contributed by atoms with Gasteiger partial charge in [0.1, 0.15) is 0 Å². The largest absolute Gasteiger partial charge is 4.00 e. The van der Waals surface area contributed by atoms with E-state index in [0.717, 1.165) is 41.2 Å². The predicted octanol–water partition coefficient (Wildman–Crippen LogP) is 9.78. The third-order valence-electron chi connectivity index (χ3n) is 6.87. The van der Waals surface area contributed by atoms with Crippen molar-refractivity contribution in [1.82, 2.24) is 0 Å². The molecule has 0 spiro atoms. The molecule has 0 atom stereocenters. The van der Waals surface area contributed by atoms with Gasteiger partial charge in [-0.25, -0.2) is 0 Å². The normalized spacial score (nSPS) is 11.5. The van der Waals surface area contributed by atoms with Crippen LogP contribution in [0.5, 0.6) is 0 Å². The predicted molar refractivity (Wildman–Crippen MR) is 188 cm³/mol. The molecule has 1 saturated heterocycles. The van der Waals surface area contributed by atoms with E-state index in [1.807, 2.05) is 113 Å². The van der Waals surface area contributed by atoms with Gasteiger partial charge in [-0.3, -0.25) is 0 Å². The van der Waals surface area contributed by atoms with Crippen molar-refractivity contribution in [1.29, 1.82) is 0 Å². The fourth-order valence-electron chi connectivity index (χ4n) is 4.88. The first-order valence-corrected chi connectivity index (χ1v) is 14.5. The van der Waals surface area contributed by atoms with Crippen LogP contribution in [-0.4, -0.2) is 19.0 Å². The van der Waals surface area contributed by atoms with E-state index in [9.17, 15) is 5.41 Å². The number of aryl methyl sites for hydroxylation is 4. The van der Waals surface area contributed by atoms with Gasteiger partial charge in [-0.05, 0) is 68.8 Å². The van der Waals surface area contributed by atoms with Crippen molar-refractivity contribution < 1.29 is 26.2 Å². The molecule has 5 aromatic rings. The molecule has 1 aliphatic rings. The van der Waals surface area contributed by atoms with Gasteiger partial charge in [0.25, 0.3) is 0 Å². The van der Waals surface area contributed by atoms with Crippen LogP contribution in [0, 0.1) is 48.5 Å². The maximum Gasteiger partial charge on any atom is 4.00 e. The summed E-state index contributed by atoms with van der Waals surface area (Å²) in [4.78, 5) is 4.02. The molecule has 222 valence electrons. The first-order valence-electron chi connectivity index (χ1n) is 14.5. The first kappa shape index (κ1) is 36.1. The summed E-state index contributed by atoms with van der Waals surface area (Å²) in [6.45, 7) is 21.2. The van der Waals surface area contributed by atoms with Gasteiger partial charge in [-0.15, -0.1) is 36.4 Å². The molecule has 44 heavy (non-hydrogen) atoms. The minimum absolute atomic E-state index is 0. The summed E-state index contributed by atoms with van der Waals surface area (Å²) in [5.74, 6) is 0.323. The van der Waals surface area contributed by atoms with Gasteiger partial charge >= 0.3 is 26.2 Å². The molecule has 0 unspecified atom stereocenters. The zero-order valence-corrected chi connectivity index (χ0v) is 29.0. The fourth-order valence-corrected chi connectivity index (χ4v) is 4.88. The third kappa shape index (κ3) is 11.2. The summed E-state index contributed by atoms with van der Waals surface area (Å²) in [6.07, 6.45) is 0. The molecule has 0 amide bonds. The van der Waals surface area contributed by atoms with E-state index in [1.165, 1.54) is 22.3 Å². The number of hydrogen-bond donors (Lipinski definition) is 0. The van der Waals surface area contributed by atoms with E-state index in [0.29, 0.717) is 5.96 Å². The Morgan fingerprint density at radius 3 is 1.23 bits per heavy atom. The van der Waals surface area contributed by atoms with Crippen molar-refractivity contribution in [3.63, 3.8) is 0 Å². The minimum atomic E-state index is 0. The van der Waals surface area contributed by atoms with Gasteiger partial charge in [0.2, 0.25) is 0 Å². The summed E-state index contributed by atoms with van der Waals surface area (Å²) >= 11 is 0.